The number of nitrogens with zero attached hydrogens (tertiary/aromatic N) is 1. The lowest BCUT2D eigenvalue weighted by Gasteiger charge is -2.28. The van der Waals surface area contributed by atoms with Gasteiger partial charge in [-0.25, -0.2) is 4.79 Å². The van der Waals surface area contributed by atoms with Crippen LogP contribution in [0.3, 0.4) is 0 Å². The molecule has 8 heteroatoms. The van der Waals surface area contributed by atoms with Crippen molar-refractivity contribution in [2.75, 3.05) is 25.3 Å². The van der Waals surface area contributed by atoms with Gasteiger partial charge in [0.1, 0.15) is 6.54 Å². The first-order valence-corrected chi connectivity index (χ1v) is 11.2. The van der Waals surface area contributed by atoms with E-state index in [0.717, 1.165) is 16.7 Å². The molecule has 1 heterocycles. The van der Waals surface area contributed by atoms with Gasteiger partial charge >= 0.3 is 5.97 Å². The van der Waals surface area contributed by atoms with E-state index in [1.165, 1.54) is 11.0 Å². The molecule has 1 aliphatic rings. The first-order chi connectivity index (χ1) is 16.3. The van der Waals surface area contributed by atoms with Gasteiger partial charge in [0.15, 0.2) is 18.1 Å². The van der Waals surface area contributed by atoms with Gasteiger partial charge in [0.2, 0.25) is 12.7 Å². The van der Waals surface area contributed by atoms with Crippen molar-refractivity contribution in [1.82, 2.24) is 4.90 Å². The third-order valence-electron chi connectivity index (χ3n) is 5.78. The average Bonchev–Trinajstić information content (AvgIpc) is 3.30. The fourth-order valence-corrected chi connectivity index (χ4v) is 3.39. The number of amides is 2. The van der Waals surface area contributed by atoms with E-state index in [0.29, 0.717) is 23.6 Å². The molecule has 1 aliphatic heterocycles. The van der Waals surface area contributed by atoms with Crippen molar-refractivity contribution in [3.63, 3.8) is 0 Å². The summed E-state index contributed by atoms with van der Waals surface area (Å²) in [6.45, 7) is 7.26. The molecule has 8 nitrogen and oxygen atoms in total. The molecule has 0 aliphatic carbocycles. The Morgan fingerprint density at radius 2 is 1.91 bits per heavy atom. The fourth-order valence-electron chi connectivity index (χ4n) is 3.39. The second kappa shape index (κ2) is 11.4. The first kappa shape index (κ1) is 24.8. The van der Waals surface area contributed by atoms with Gasteiger partial charge in [-0.1, -0.05) is 25.1 Å². The summed E-state index contributed by atoms with van der Waals surface area (Å²) in [5.41, 5.74) is 3.48. The number of benzene rings is 2. The smallest absolute Gasteiger partial charge is 0.331 e. The second-order valence-electron chi connectivity index (χ2n) is 8.13. The summed E-state index contributed by atoms with van der Waals surface area (Å²) < 4.78 is 15.7. The number of carbonyl (C=O) groups is 3. The van der Waals surface area contributed by atoms with Crippen molar-refractivity contribution < 1.29 is 28.6 Å². The number of aryl methyl sites for hydroxylation is 1. The molecule has 2 aromatic rings. The molecule has 1 N–H and O–H groups in total. The van der Waals surface area contributed by atoms with E-state index < -0.39 is 18.5 Å². The zero-order chi connectivity index (χ0) is 24.7. The SMILES string of the molecule is CCC(C)N(CC(=O)Nc1cccc(C)c1C)C(=O)COC(=O)/C=C/c1ccc2c(c1)OCO2. The van der Waals surface area contributed by atoms with E-state index in [-0.39, 0.29) is 25.3 Å². The van der Waals surface area contributed by atoms with Crippen LogP contribution in [0.5, 0.6) is 11.5 Å². The summed E-state index contributed by atoms with van der Waals surface area (Å²) in [5.74, 6) is -0.146. The van der Waals surface area contributed by atoms with Gasteiger partial charge in [0, 0.05) is 17.8 Å². The highest BCUT2D eigenvalue weighted by molar-refractivity contribution is 5.96. The second-order valence-corrected chi connectivity index (χ2v) is 8.13. The maximum atomic E-state index is 12.8. The highest BCUT2D eigenvalue weighted by atomic mass is 16.7. The topological polar surface area (TPSA) is 94.2 Å². The van der Waals surface area contributed by atoms with E-state index in [1.54, 1.807) is 24.3 Å². The van der Waals surface area contributed by atoms with Crippen LogP contribution >= 0.6 is 0 Å². The lowest BCUT2D eigenvalue weighted by Crippen LogP contribution is -2.45. The van der Waals surface area contributed by atoms with Crippen LogP contribution in [0.2, 0.25) is 0 Å². The number of nitrogens with one attached hydrogen (secondary N) is 1. The number of rotatable bonds is 9. The van der Waals surface area contributed by atoms with Crippen LogP contribution < -0.4 is 14.8 Å². The normalized spacial score (nSPS) is 12.9. The molecule has 0 spiro atoms. The highest BCUT2D eigenvalue weighted by Gasteiger charge is 2.23. The largest absolute Gasteiger partial charge is 0.454 e. The van der Waals surface area contributed by atoms with Crippen molar-refractivity contribution >= 4 is 29.5 Å². The fraction of sp³-hybridized carbons (Fsp3) is 0.346. The summed E-state index contributed by atoms with van der Waals surface area (Å²) >= 11 is 0. The molecule has 2 aromatic carbocycles. The van der Waals surface area contributed by atoms with Crippen LogP contribution in [0.15, 0.2) is 42.5 Å². The highest BCUT2D eigenvalue weighted by Crippen LogP contribution is 2.32. The predicted molar refractivity (Wildman–Crippen MR) is 129 cm³/mol. The molecule has 0 saturated heterocycles. The number of hydrogen-bond donors (Lipinski definition) is 1. The molecule has 0 fully saturated rings. The molecule has 34 heavy (non-hydrogen) atoms. The molecule has 0 aromatic heterocycles. The van der Waals surface area contributed by atoms with E-state index in [1.807, 2.05) is 45.9 Å². The number of hydrogen-bond acceptors (Lipinski definition) is 6. The third kappa shape index (κ3) is 6.37. The predicted octanol–water partition coefficient (Wildman–Crippen LogP) is 3.85. The Morgan fingerprint density at radius 3 is 2.68 bits per heavy atom. The number of esters is 1. The molecule has 3 rings (SSSR count). The number of ether oxygens (including phenoxy) is 3. The summed E-state index contributed by atoms with van der Waals surface area (Å²) in [4.78, 5) is 39.0. The van der Waals surface area contributed by atoms with E-state index in [4.69, 9.17) is 14.2 Å². The zero-order valence-electron chi connectivity index (χ0n) is 19.9. The Kier molecular flexibility index (Phi) is 8.29. The molecular formula is C26H30N2O6. The van der Waals surface area contributed by atoms with Crippen LogP contribution in [0.25, 0.3) is 6.08 Å². The van der Waals surface area contributed by atoms with Crippen molar-refractivity contribution in [1.29, 1.82) is 0 Å². The van der Waals surface area contributed by atoms with Crippen LogP contribution in [-0.4, -0.2) is 48.7 Å². The van der Waals surface area contributed by atoms with Crippen LogP contribution in [-0.2, 0) is 19.1 Å². The Labute approximate surface area is 199 Å². The van der Waals surface area contributed by atoms with Crippen molar-refractivity contribution in [3.05, 3.63) is 59.2 Å². The van der Waals surface area contributed by atoms with Gasteiger partial charge < -0.3 is 24.4 Å². The van der Waals surface area contributed by atoms with Gasteiger partial charge in [-0.05, 0) is 68.2 Å². The monoisotopic (exact) mass is 466 g/mol. The molecule has 1 atom stereocenters. The Morgan fingerprint density at radius 1 is 1.15 bits per heavy atom. The van der Waals surface area contributed by atoms with Gasteiger partial charge in [0.25, 0.3) is 5.91 Å². The maximum absolute atomic E-state index is 12.8. The van der Waals surface area contributed by atoms with Gasteiger partial charge in [0.05, 0.1) is 0 Å². The summed E-state index contributed by atoms with van der Waals surface area (Å²) in [7, 11) is 0. The summed E-state index contributed by atoms with van der Waals surface area (Å²) in [6.07, 6.45) is 3.46. The molecule has 0 radical (unpaired) electrons. The molecule has 2 amide bonds. The van der Waals surface area contributed by atoms with Gasteiger partial charge in [-0.3, -0.25) is 9.59 Å². The molecule has 0 saturated carbocycles. The first-order valence-electron chi connectivity index (χ1n) is 11.2. The molecule has 180 valence electrons. The summed E-state index contributed by atoms with van der Waals surface area (Å²) in [6, 6.07) is 10.7. The van der Waals surface area contributed by atoms with Crippen molar-refractivity contribution in [2.45, 2.75) is 40.2 Å². The lowest BCUT2D eigenvalue weighted by atomic mass is 10.1. The van der Waals surface area contributed by atoms with Crippen LogP contribution in [0.1, 0.15) is 37.0 Å². The standard InChI is InChI=1S/C26H30N2O6/c1-5-18(3)28(14-24(29)27-21-8-6-7-17(2)19(21)4)25(30)15-32-26(31)12-10-20-9-11-22-23(13-20)34-16-33-22/h6-13,18H,5,14-16H2,1-4H3,(H,27,29)/b12-10+. The number of fused-ring (bicyclic) bond motifs is 1. The van der Waals surface area contributed by atoms with E-state index in [2.05, 4.69) is 5.32 Å². The number of carbonyl (C=O) groups excluding carboxylic acids is 3. The minimum Gasteiger partial charge on any atom is -0.454 e. The minimum absolute atomic E-state index is 0.133. The Hall–Kier alpha value is -3.81. The summed E-state index contributed by atoms with van der Waals surface area (Å²) in [5, 5.41) is 2.87. The molecule has 0 bridgehead atoms. The van der Waals surface area contributed by atoms with Crippen molar-refractivity contribution in [3.8, 4) is 11.5 Å². The molecule has 1 unspecified atom stereocenters. The Balaban J connectivity index is 1.55. The third-order valence-corrected chi connectivity index (χ3v) is 5.78. The quantitative estimate of drug-likeness (QED) is 0.446. The maximum Gasteiger partial charge on any atom is 0.331 e. The average molecular weight is 467 g/mol. The van der Waals surface area contributed by atoms with Gasteiger partial charge in [-0.15, -0.1) is 0 Å². The minimum atomic E-state index is -0.657. The van der Waals surface area contributed by atoms with E-state index >= 15 is 0 Å². The lowest BCUT2D eigenvalue weighted by molar-refractivity contribution is -0.150. The zero-order valence-corrected chi connectivity index (χ0v) is 19.9. The Bertz CT molecular complexity index is 1090. The van der Waals surface area contributed by atoms with E-state index in [9.17, 15) is 14.4 Å². The molecular weight excluding hydrogens is 436 g/mol. The van der Waals surface area contributed by atoms with Crippen LogP contribution in [0, 0.1) is 13.8 Å². The van der Waals surface area contributed by atoms with Crippen LogP contribution in [0.4, 0.5) is 5.69 Å². The number of anilines is 1. The van der Waals surface area contributed by atoms with Crippen molar-refractivity contribution in [2.24, 2.45) is 0 Å². The van der Waals surface area contributed by atoms with Gasteiger partial charge in [-0.2, -0.15) is 0 Å².